The molecule has 13 heteroatoms. The van der Waals surface area contributed by atoms with Gasteiger partial charge in [0.1, 0.15) is 11.6 Å². The molecule has 1 aromatic heterocycles. The van der Waals surface area contributed by atoms with E-state index in [0.717, 1.165) is 34.4 Å². The van der Waals surface area contributed by atoms with Gasteiger partial charge in [0.05, 0.1) is 22.0 Å². The first-order valence-electron chi connectivity index (χ1n) is 9.82. The summed E-state index contributed by atoms with van der Waals surface area (Å²) in [5, 5.41) is 15.2. The van der Waals surface area contributed by atoms with E-state index in [1.807, 2.05) is 0 Å². The Morgan fingerprint density at radius 2 is 1.97 bits per heavy atom. The number of benzene rings is 2. The number of nitrogens with zero attached hydrogens (tertiary/aromatic N) is 3. The highest BCUT2D eigenvalue weighted by Crippen LogP contribution is 2.29. The van der Waals surface area contributed by atoms with Crippen LogP contribution in [0.4, 0.5) is 18.9 Å². The summed E-state index contributed by atoms with van der Waals surface area (Å²) in [6.07, 6.45) is -4.57. The summed E-state index contributed by atoms with van der Waals surface area (Å²) in [6, 6.07) is 7.20. The fourth-order valence-corrected chi connectivity index (χ4v) is 3.20. The largest absolute Gasteiger partial charge is 0.484 e. The first-order chi connectivity index (χ1) is 16.0. The molecule has 0 spiro atoms. The fourth-order valence-electron chi connectivity index (χ4n) is 2.99. The molecule has 0 aliphatic carbocycles. The molecule has 0 radical (unpaired) electrons. The Kier molecular flexibility index (Phi) is 7.30. The van der Waals surface area contributed by atoms with E-state index in [9.17, 15) is 32.7 Å². The van der Waals surface area contributed by atoms with Crippen molar-refractivity contribution in [3.8, 4) is 11.4 Å². The Hall–Kier alpha value is -3.80. The molecule has 0 aliphatic heterocycles. The van der Waals surface area contributed by atoms with Crippen LogP contribution >= 0.6 is 11.6 Å². The number of hydrogen-bond donors (Lipinski definition) is 2. The molecule has 180 valence electrons. The van der Waals surface area contributed by atoms with Crippen LogP contribution in [0.1, 0.15) is 34.8 Å². The summed E-state index contributed by atoms with van der Waals surface area (Å²) in [5.74, 6) is -4.10. The van der Waals surface area contributed by atoms with E-state index in [-0.39, 0.29) is 34.3 Å². The van der Waals surface area contributed by atoms with Crippen LogP contribution in [0.3, 0.4) is 0 Å². The number of anilines is 1. The standard InChI is InChI=1S/C21H18ClF3N4O5/c1-3-28-18(20(31)32)27-29(21(28)33)11-7-8-12(15(9-11)34-10(2)17(24)25)19(30)26-16-13(22)5-4-6-14(16)23/h4-10,17H,3H2,1-2H3,(H,26,30)(H,31,32). The number of rotatable bonds is 8. The molecule has 2 aromatic carbocycles. The van der Waals surface area contributed by atoms with E-state index >= 15 is 0 Å². The molecule has 0 bridgehead atoms. The van der Waals surface area contributed by atoms with Crippen molar-refractivity contribution in [1.82, 2.24) is 14.3 Å². The lowest BCUT2D eigenvalue weighted by Crippen LogP contribution is -2.26. The van der Waals surface area contributed by atoms with Gasteiger partial charge in [0.15, 0.2) is 6.10 Å². The van der Waals surface area contributed by atoms with Crippen molar-refractivity contribution in [2.24, 2.45) is 0 Å². The molecule has 9 nitrogen and oxygen atoms in total. The molecule has 34 heavy (non-hydrogen) atoms. The van der Waals surface area contributed by atoms with Crippen LogP contribution in [0, 0.1) is 5.82 Å². The minimum atomic E-state index is -2.92. The number of carbonyl (C=O) groups is 2. The molecular formula is C21H18ClF3N4O5. The van der Waals surface area contributed by atoms with Gasteiger partial charge in [0.2, 0.25) is 5.82 Å². The van der Waals surface area contributed by atoms with Crippen LogP contribution in [0.5, 0.6) is 5.75 Å². The van der Waals surface area contributed by atoms with Gasteiger partial charge in [0, 0.05) is 12.6 Å². The lowest BCUT2D eigenvalue weighted by atomic mass is 10.1. The highest BCUT2D eigenvalue weighted by molar-refractivity contribution is 6.34. The predicted molar refractivity (Wildman–Crippen MR) is 116 cm³/mol. The number of carbonyl (C=O) groups excluding carboxylic acids is 1. The zero-order valence-electron chi connectivity index (χ0n) is 17.8. The van der Waals surface area contributed by atoms with Crippen LogP contribution in [0.15, 0.2) is 41.2 Å². The van der Waals surface area contributed by atoms with Gasteiger partial charge < -0.3 is 15.2 Å². The number of para-hydroxylation sites is 1. The van der Waals surface area contributed by atoms with Gasteiger partial charge >= 0.3 is 11.7 Å². The minimum Gasteiger partial charge on any atom is -0.484 e. The zero-order valence-corrected chi connectivity index (χ0v) is 18.5. The monoisotopic (exact) mass is 498 g/mol. The Morgan fingerprint density at radius 1 is 1.26 bits per heavy atom. The SMILES string of the molecule is CCn1c(C(=O)O)nn(-c2ccc(C(=O)Nc3c(F)cccc3Cl)c(OC(C)C(F)F)c2)c1=O. The summed E-state index contributed by atoms with van der Waals surface area (Å²) >= 11 is 5.92. The quantitative estimate of drug-likeness (QED) is 0.488. The first-order valence-corrected chi connectivity index (χ1v) is 10.2. The molecule has 0 saturated carbocycles. The van der Waals surface area contributed by atoms with Crippen molar-refractivity contribution in [2.45, 2.75) is 32.9 Å². The summed E-state index contributed by atoms with van der Waals surface area (Å²) in [6.45, 7) is 2.61. The maximum atomic E-state index is 14.1. The predicted octanol–water partition coefficient (Wildman–Crippen LogP) is 3.83. The maximum Gasteiger partial charge on any atom is 0.374 e. The first kappa shape index (κ1) is 24.8. The van der Waals surface area contributed by atoms with E-state index in [1.54, 1.807) is 6.92 Å². The third kappa shape index (κ3) is 4.91. The Labute approximate surface area is 195 Å². The molecule has 1 heterocycles. The van der Waals surface area contributed by atoms with Crippen molar-refractivity contribution >= 4 is 29.2 Å². The van der Waals surface area contributed by atoms with Gasteiger partial charge in [-0.25, -0.2) is 22.8 Å². The van der Waals surface area contributed by atoms with E-state index in [4.69, 9.17) is 16.3 Å². The number of ether oxygens (including phenoxy) is 1. The van der Waals surface area contributed by atoms with Crippen molar-refractivity contribution in [2.75, 3.05) is 5.32 Å². The number of aromatic nitrogens is 3. The highest BCUT2D eigenvalue weighted by atomic mass is 35.5. The van der Waals surface area contributed by atoms with Crippen molar-refractivity contribution in [3.63, 3.8) is 0 Å². The van der Waals surface area contributed by atoms with Crippen molar-refractivity contribution < 1.29 is 32.6 Å². The van der Waals surface area contributed by atoms with Crippen molar-refractivity contribution in [3.05, 3.63) is 69.1 Å². The lowest BCUT2D eigenvalue weighted by Gasteiger charge is -2.18. The van der Waals surface area contributed by atoms with E-state index in [2.05, 4.69) is 10.4 Å². The lowest BCUT2D eigenvalue weighted by molar-refractivity contribution is 0.0221. The molecule has 0 saturated heterocycles. The number of nitrogens with one attached hydrogen (secondary N) is 1. The van der Waals surface area contributed by atoms with Crippen LogP contribution < -0.4 is 15.7 Å². The Balaban J connectivity index is 2.09. The third-order valence-corrected chi connectivity index (χ3v) is 5.01. The number of carboxylic acids is 1. The summed E-state index contributed by atoms with van der Waals surface area (Å²) in [7, 11) is 0. The average molecular weight is 499 g/mol. The fraction of sp³-hybridized carbons (Fsp3) is 0.238. The van der Waals surface area contributed by atoms with Gasteiger partial charge in [-0.1, -0.05) is 17.7 Å². The number of hydrogen-bond acceptors (Lipinski definition) is 5. The normalized spacial score (nSPS) is 12.0. The molecule has 3 rings (SSSR count). The number of carboxylic acid groups (broad SMARTS) is 1. The summed E-state index contributed by atoms with van der Waals surface area (Å²) in [4.78, 5) is 36.8. The highest BCUT2D eigenvalue weighted by Gasteiger charge is 2.24. The Bertz CT molecular complexity index is 1290. The second kappa shape index (κ2) is 10.00. The average Bonchev–Trinajstić information content (AvgIpc) is 3.12. The molecule has 1 atom stereocenters. The summed E-state index contributed by atoms with van der Waals surface area (Å²) in [5.41, 5.74) is -1.44. The second-order valence-corrected chi connectivity index (χ2v) is 7.36. The van der Waals surface area contributed by atoms with Gasteiger partial charge in [-0.3, -0.25) is 9.36 Å². The topological polar surface area (TPSA) is 115 Å². The number of alkyl halides is 2. The third-order valence-electron chi connectivity index (χ3n) is 4.69. The van der Waals surface area contributed by atoms with E-state index in [0.29, 0.717) is 0 Å². The molecule has 0 fully saturated rings. The number of amides is 1. The van der Waals surface area contributed by atoms with Crippen LogP contribution in [0.2, 0.25) is 5.02 Å². The molecule has 1 unspecified atom stereocenters. The Morgan fingerprint density at radius 3 is 2.53 bits per heavy atom. The van der Waals surface area contributed by atoms with Gasteiger partial charge in [0.25, 0.3) is 12.3 Å². The van der Waals surface area contributed by atoms with Crippen LogP contribution in [0.25, 0.3) is 5.69 Å². The van der Waals surface area contributed by atoms with Crippen LogP contribution in [-0.2, 0) is 6.54 Å². The number of halogens is 4. The molecular weight excluding hydrogens is 481 g/mol. The van der Waals surface area contributed by atoms with Gasteiger partial charge in [-0.2, -0.15) is 4.68 Å². The van der Waals surface area contributed by atoms with Crippen LogP contribution in [-0.4, -0.2) is 43.9 Å². The maximum absolute atomic E-state index is 14.1. The molecule has 2 N–H and O–H groups in total. The minimum absolute atomic E-state index is 0.0100. The molecule has 3 aromatic rings. The molecule has 0 aliphatic rings. The van der Waals surface area contributed by atoms with E-state index in [1.165, 1.54) is 18.2 Å². The smallest absolute Gasteiger partial charge is 0.374 e. The summed E-state index contributed by atoms with van der Waals surface area (Å²) < 4.78 is 47.3. The van der Waals surface area contributed by atoms with Gasteiger partial charge in [-0.15, -0.1) is 5.10 Å². The zero-order chi connectivity index (χ0) is 25.2. The van der Waals surface area contributed by atoms with Crippen molar-refractivity contribution in [1.29, 1.82) is 0 Å². The number of aromatic carboxylic acids is 1. The second-order valence-electron chi connectivity index (χ2n) is 6.96. The molecule has 1 amide bonds. The van der Waals surface area contributed by atoms with E-state index < -0.39 is 41.7 Å². The van der Waals surface area contributed by atoms with Gasteiger partial charge in [-0.05, 0) is 38.1 Å².